The van der Waals surface area contributed by atoms with Crippen molar-refractivity contribution in [1.29, 1.82) is 0 Å². The first-order valence-electron chi connectivity index (χ1n) is 7.98. The van der Waals surface area contributed by atoms with Crippen molar-refractivity contribution in [1.82, 2.24) is 5.32 Å². The predicted octanol–water partition coefficient (Wildman–Crippen LogP) is 2.36. The monoisotopic (exact) mass is 358 g/mol. The number of carbonyl (C=O) groups excluding carboxylic acids is 3. The number of anilines is 1. The Bertz CT molecular complexity index is 769. The van der Waals surface area contributed by atoms with Gasteiger partial charge in [0.25, 0.3) is 11.8 Å². The number of hydrogen-bond acceptors (Lipinski definition) is 5. The number of benzene rings is 1. The van der Waals surface area contributed by atoms with E-state index in [0.29, 0.717) is 11.3 Å². The van der Waals surface area contributed by atoms with Crippen molar-refractivity contribution in [2.75, 3.05) is 11.9 Å². The summed E-state index contributed by atoms with van der Waals surface area (Å²) in [6, 6.07) is 8.82. The molecule has 1 heterocycles. The van der Waals surface area contributed by atoms with E-state index in [2.05, 4.69) is 10.6 Å². The second kappa shape index (κ2) is 7.94. The molecule has 25 heavy (non-hydrogen) atoms. The zero-order valence-electron chi connectivity index (χ0n) is 13.5. The summed E-state index contributed by atoms with van der Waals surface area (Å²) in [5, 5.41) is 9.24. The molecule has 0 atom stereocenters. The number of esters is 1. The number of thiophene rings is 1. The van der Waals surface area contributed by atoms with Crippen LogP contribution in [0.2, 0.25) is 0 Å². The molecule has 1 aromatic heterocycles. The molecular formula is C18H18N2O4S. The van der Waals surface area contributed by atoms with E-state index >= 15 is 0 Å². The van der Waals surface area contributed by atoms with Gasteiger partial charge in [0.05, 0.1) is 17.7 Å². The minimum Gasteiger partial charge on any atom is -0.455 e. The summed E-state index contributed by atoms with van der Waals surface area (Å²) in [4.78, 5) is 35.9. The summed E-state index contributed by atoms with van der Waals surface area (Å²) >= 11 is 1.50. The Morgan fingerprint density at radius 1 is 1.16 bits per heavy atom. The smallest absolute Gasteiger partial charge is 0.310 e. The van der Waals surface area contributed by atoms with Crippen LogP contribution in [-0.2, 0) is 20.7 Å². The van der Waals surface area contributed by atoms with Crippen molar-refractivity contribution < 1.29 is 19.1 Å². The van der Waals surface area contributed by atoms with Gasteiger partial charge in [-0.2, -0.15) is 11.3 Å². The van der Waals surface area contributed by atoms with Crippen LogP contribution in [-0.4, -0.2) is 30.4 Å². The largest absolute Gasteiger partial charge is 0.455 e. The molecule has 0 radical (unpaired) electrons. The van der Waals surface area contributed by atoms with E-state index in [1.54, 1.807) is 24.3 Å². The quantitative estimate of drug-likeness (QED) is 0.744. The summed E-state index contributed by atoms with van der Waals surface area (Å²) < 4.78 is 4.98. The minimum absolute atomic E-state index is 0.136. The number of carbonyl (C=O) groups is 3. The fourth-order valence-corrected chi connectivity index (χ4v) is 2.89. The Balaban J connectivity index is 1.52. The van der Waals surface area contributed by atoms with E-state index < -0.39 is 11.9 Å². The predicted molar refractivity (Wildman–Crippen MR) is 94.5 cm³/mol. The van der Waals surface area contributed by atoms with Crippen molar-refractivity contribution in [2.24, 2.45) is 0 Å². The third-order valence-electron chi connectivity index (χ3n) is 3.65. The van der Waals surface area contributed by atoms with Gasteiger partial charge in [0, 0.05) is 6.04 Å². The van der Waals surface area contributed by atoms with Gasteiger partial charge in [-0.05, 0) is 47.4 Å². The Morgan fingerprint density at radius 3 is 2.68 bits per heavy atom. The molecule has 1 aliphatic carbocycles. The molecule has 2 N–H and O–H groups in total. The van der Waals surface area contributed by atoms with Gasteiger partial charge in [-0.1, -0.05) is 12.1 Å². The van der Waals surface area contributed by atoms with E-state index in [1.165, 1.54) is 11.3 Å². The first kappa shape index (κ1) is 17.2. The standard InChI is InChI=1S/C18H18N2O4S/c21-16(10-24-17(22)9-12-7-8-25-11-12)20-15-4-2-1-3-14(15)18(23)19-13-5-6-13/h1-4,7-8,11,13H,5-6,9-10H2,(H,19,23)(H,20,21). The van der Waals surface area contributed by atoms with Gasteiger partial charge in [0.1, 0.15) is 0 Å². The topological polar surface area (TPSA) is 84.5 Å². The minimum atomic E-state index is -0.481. The van der Waals surface area contributed by atoms with Gasteiger partial charge >= 0.3 is 5.97 Å². The molecule has 1 saturated carbocycles. The molecule has 1 fully saturated rings. The Morgan fingerprint density at radius 2 is 1.96 bits per heavy atom. The van der Waals surface area contributed by atoms with Crippen LogP contribution in [0.1, 0.15) is 28.8 Å². The SMILES string of the molecule is O=C(COC(=O)Cc1ccsc1)Nc1ccccc1C(=O)NC1CC1. The van der Waals surface area contributed by atoms with Crippen molar-refractivity contribution in [3.05, 3.63) is 52.2 Å². The molecule has 0 bridgehead atoms. The highest BCUT2D eigenvalue weighted by Crippen LogP contribution is 2.21. The molecular weight excluding hydrogens is 340 g/mol. The second-order valence-corrected chi connectivity index (χ2v) is 6.59. The summed E-state index contributed by atoms with van der Waals surface area (Å²) in [7, 11) is 0. The number of rotatable bonds is 7. The molecule has 3 rings (SSSR count). The van der Waals surface area contributed by atoms with Gasteiger partial charge in [-0.25, -0.2) is 0 Å². The fraction of sp³-hybridized carbons (Fsp3) is 0.278. The van der Waals surface area contributed by atoms with E-state index in [9.17, 15) is 14.4 Å². The van der Waals surface area contributed by atoms with Crippen LogP contribution in [0, 0.1) is 0 Å². The number of ether oxygens (including phenoxy) is 1. The van der Waals surface area contributed by atoms with Gasteiger partial charge < -0.3 is 15.4 Å². The van der Waals surface area contributed by atoms with Crippen molar-refractivity contribution >= 4 is 34.8 Å². The lowest BCUT2D eigenvalue weighted by molar-refractivity contribution is -0.146. The Labute approximate surface area is 149 Å². The molecule has 1 aliphatic rings. The van der Waals surface area contributed by atoms with Crippen LogP contribution in [0.3, 0.4) is 0 Å². The average molecular weight is 358 g/mol. The zero-order valence-corrected chi connectivity index (χ0v) is 14.3. The molecule has 0 spiro atoms. The highest BCUT2D eigenvalue weighted by molar-refractivity contribution is 7.08. The molecule has 0 saturated heterocycles. The summed E-state index contributed by atoms with van der Waals surface area (Å²) in [6.45, 7) is -0.387. The van der Waals surface area contributed by atoms with Gasteiger partial charge in [-0.15, -0.1) is 0 Å². The zero-order chi connectivity index (χ0) is 17.6. The lowest BCUT2D eigenvalue weighted by Gasteiger charge is -2.11. The first-order valence-corrected chi connectivity index (χ1v) is 8.92. The molecule has 0 aliphatic heterocycles. The summed E-state index contributed by atoms with van der Waals surface area (Å²) in [5.41, 5.74) is 1.66. The number of hydrogen-bond donors (Lipinski definition) is 2. The lowest BCUT2D eigenvalue weighted by Crippen LogP contribution is -2.28. The molecule has 0 unspecified atom stereocenters. The molecule has 130 valence electrons. The third-order valence-corrected chi connectivity index (χ3v) is 4.38. The van der Waals surface area contributed by atoms with Crippen LogP contribution >= 0.6 is 11.3 Å². The first-order chi connectivity index (χ1) is 12.1. The fourth-order valence-electron chi connectivity index (χ4n) is 2.22. The summed E-state index contributed by atoms with van der Waals surface area (Å²) in [5.74, 6) is -1.16. The maximum Gasteiger partial charge on any atom is 0.310 e. The van der Waals surface area contributed by atoms with Crippen LogP contribution in [0.25, 0.3) is 0 Å². The van der Waals surface area contributed by atoms with Crippen molar-refractivity contribution in [3.63, 3.8) is 0 Å². The van der Waals surface area contributed by atoms with Crippen LogP contribution in [0.4, 0.5) is 5.69 Å². The van der Waals surface area contributed by atoms with Crippen molar-refractivity contribution in [3.8, 4) is 0 Å². The van der Waals surface area contributed by atoms with E-state index in [4.69, 9.17) is 4.74 Å². The highest BCUT2D eigenvalue weighted by atomic mass is 32.1. The molecule has 1 aromatic carbocycles. The van der Waals surface area contributed by atoms with Gasteiger partial charge in [-0.3, -0.25) is 14.4 Å². The van der Waals surface area contributed by atoms with Crippen LogP contribution in [0.15, 0.2) is 41.1 Å². The second-order valence-electron chi connectivity index (χ2n) is 5.81. The molecule has 6 nitrogen and oxygen atoms in total. The Hall–Kier alpha value is -2.67. The van der Waals surface area contributed by atoms with Crippen LogP contribution in [0.5, 0.6) is 0 Å². The van der Waals surface area contributed by atoms with E-state index in [1.807, 2.05) is 16.8 Å². The highest BCUT2D eigenvalue weighted by Gasteiger charge is 2.25. The number of para-hydroxylation sites is 1. The van der Waals surface area contributed by atoms with Gasteiger partial charge in [0.2, 0.25) is 0 Å². The van der Waals surface area contributed by atoms with E-state index in [0.717, 1.165) is 18.4 Å². The Kier molecular flexibility index (Phi) is 5.45. The maximum absolute atomic E-state index is 12.2. The molecule has 2 amide bonds. The lowest BCUT2D eigenvalue weighted by atomic mass is 10.1. The molecule has 2 aromatic rings. The van der Waals surface area contributed by atoms with Gasteiger partial charge in [0.15, 0.2) is 6.61 Å². The van der Waals surface area contributed by atoms with Crippen LogP contribution < -0.4 is 10.6 Å². The number of amides is 2. The third kappa shape index (κ3) is 5.15. The summed E-state index contributed by atoms with van der Waals surface area (Å²) in [6.07, 6.45) is 2.11. The van der Waals surface area contributed by atoms with E-state index in [-0.39, 0.29) is 25.0 Å². The average Bonchev–Trinajstić information content (AvgIpc) is 3.26. The normalized spacial score (nSPS) is 13.1. The molecule has 7 heteroatoms. The number of nitrogens with one attached hydrogen (secondary N) is 2. The van der Waals surface area contributed by atoms with Crippen molar-refractivity contribution in [2.45, 2.75) is 25.3 Å². The maximum atomic E-state index is 12.2.